The predicted molar refractivity (Wildman–Crippen MR) is 72.3 cm³/mol. The molecule has 0 spiro atoms. The van der Waals surface area contributed by atoms with Crippen molar-refractivity contribution >= 4 is 15.9 Å². The minimum absolute atomic E-state index is 0.325. The topological polar surface area (TPSA) is 27.7 Å². The predicted octanol–water partition coefficient (Wildman–Crippen LogP) is 2.98. The molecule has 1 aliphatic rings. The van der Waals surface area contributed by atoms with Crippen LogP contribution >= 0.6 is 15.9 Å². The van der Waals surface area contributed by atoms with Gasteiger partial charge in [-0.1, -0.05) is 18.1 Å². The van der Waals surface area contributed by atoms with E-state index in [4.69, 9.17) is 14.2 Å². The number of rotatable bonds is 2. The van der Waals surface area contributed by atoms with Crippen LogP contribution in [0.25, 0.3) is 0 Å². The lowest BCUT2D eigenvalue weighted by Crippen LogP contribution is -2.13. The summed E-state index contributed by atoms with van der Waals surface area (Å²) in [6.07, 6.45) is 1.66. The Morgan fingerprint density at radius 3 is 2.67 bits per heavy atom. The van der Waals surface area contributed by atoms with Crippen molar-refractivity contribution in [3.05, 3.63) is 28.7 Å². The van der Waals surface area contributed by atoms with Crippen LogP contribution in [0.3, 0.4) is 0 Å². The van der Waals surface area contributed by atoms with Gasteiger partial charge in [0.1, 0.15) is 12.4 Å². The van der Waals surface area contributed by atoms with Gasteiger partial charge >= 0.3 is 0 Å². The quantitative estimate of drug-likeness (QED) is 0.786. The van der Waals surface area contributed by atoms with Gasteiger partial charge in [-0.15, -0.1) is 0 Å². The molecule has 0 radical (unpaired) electrons. The number of hydrogen-bond acceptors (Lipinski definition) is 3. The van der Waals surface area contributed by atoms with Gasteiger partial charge in [-0.2, -0.15) is 0 Å². The third kappa shape index (κ3) is 4.34. The van der Waals surface area contributed by atoms with Crippen LogP contribution in [0, 0.1) is 11.8 Å². The molecule has 0 aromatic heterocycles. The van der Waals surface area contributed by atoms with Crippen LogP contribution in [-0.2, 0) is 9.47 Å². The summed E-state index contributed by atoms with van der Waals surface area (Å²) in [5.74, 6) is 6.62. The maximum absolute atomic E-state index is 5.53. The molecular weight excluding hydrogens is 296 g/mol. The van der Waals surface area contributed by atoms with Gasteiger partial charge in [0.15, 0.2) is 0 Å². The summed E-state index contributed by atoms with van der Waals surface area (Å²) in [6.45, 7) is 1.75. The van der Waals surface area contributed by atoms with E-state index in [9.17, 15) is 0 Å². The highest BCUT2D eigenvalue weighted by atomic mass is 79.9. The van der Waals surface area contributed by atoms with Crippen molar-refractivity contribution in [1.82, 2.24) is 0 Å². The Hall–Kier alpha value is -1.02. The Morgan fingerprint density at radius 2 is 1.94 bits per heavy atom. The molecule has 18 heavy (non-hydrogen) atoms. The molecule has 1 saturated heterocycles. The summed E-state index contributed by atoms with van der Waals surface area (Å²) >= 11 is 3.41. The van der Waals surface area contributed by atoms with Crippen LogP contribution in [0.4, 0.5) is 0 Å². The van der Waals surface area contributed by atoms with Gasteiger partial charge in [0.05, 0.1) is 17.7 Å². The molecule has 4 heteroatoms. The minimum Gasteiger partial charge on any atom is -0.480 e. The van der Waals surface area contributed by atoms with E-state index in [2.05, 4.69) is 27.8 Å². The lowest BCUT2D eigenvalue weighted by Gasteiger charge is -2.07. The fourth-order valence-corrected chi connectivity index (χ4v) is 1.92. The second-order valence-electron chi connectivity index (χ2n) is 3.82. The monoisotopic (exact) mass is 310 g/mol. The molecule has 96 valence electrons. The second-order valence-corrected chi connectivity index (χ2v) is 4.68. The molecule has 3 nitrogen and oxygen atoms in total. The van der Waals surface area contributed by atoms with Gasteiger partial charge in [-0.3, -0.25) is 0 Å². The van der Waals surface area contributed by atoms with Gasteiger partial charge in [-0.05, 0) is 46.8 Å². The van der Waals surface area contributed by atoms with Crippen molar-refractivity contribution in [1.29, 1.82) is 0 Å². The average Bonchev–Trinajstić information content (AvgIpc) is 2.65. The number of hydrogen-bond donors (Lipinski definition) is 0. The van der Waals surface area contributed by atoms with E-state index < -0.39 is 6.29 Å². The van der Waals surface area contributed by atoms with Crippen molar-refractivity contribution in [2.45, 2.75) is 19.1 Å². The second kappa shape index (κ2) is 7.42. The van der Waals surface area contributed by atoms with Gasteiger partial charge in [-0.25, -0.2) is 0 Å². The summed E-state index contributed by atoms with van der Waals surface area (Å²) < 4.78 is 17.3. The van der Waals surface area contributed by atoms with Crippen molar-refractivity contribution in [2.75, 3.05) is 19.8 Å². The highest BCUT2D eigenvalue weighted by Gasteiger charge is 2.08. The summed E-state index contributed by atoms with van der Waals surface area (Å²) in [4.78, 5) is 0. The molecular formula is C14H15BrO3. The summed E-state index contributed by atoms with van der Waals surface area (Å²) in [6, 6.07) is 7.69. The smallest absolute Gasteiger partial charge is 0.222 e. The standard InChI is InChI=1S/C14H15BrO3/c15-12-6-1-2-7-13(12)16-11-5-8-14-17-9-3-4-10-18-14/h1-2,6-7,14H,3-4,9-11H2. The first-order chi connectivity index (χ1) is 8.86. The molecule has 0 aliphatic carbocycles. The maximum Gasteiger partial charge on any atom is 0.222 e. The molecule has 0 atom stereocenters. The Balaban J connectivity index is 1.79. The van der Waals surface area contributed by atoms with E-state index in [1.807, 2.05) is 24.3 Å². The molecule has 0 bridgehead atoms. The number of para-hydroxylation sites is 1. The molecule has 2 rings (SSSR count). The fourth-order valence-electron chi connectivity index (χ4n) is 1.52. The molecule has 1 heterocycles. The average molecular weight is 311 g/mol. The van der Waals surface area contributed by atoms with E-state index in [0.29, 0.717) is 19.8 Å². The Kier molecular flexibility index (Phi) is 5.53. The van der Waals surface area contributed by atoms with Crippen LogP contribution in [0.2, 0.25) is 0 Å². The molecule has 0 saturated carbocycles. The summed E-state index contributed by atoms with van der Waals surface area (Å²) in [7, 11) is 0. The highest BCUT2D eigenvalue weighted by molar-refractivity contribution is 9.10. The third-order valence-electron chi connectivity index (χ3n) is 2.43. The first-order valence-corrected chi connectivity index (χ1v) is 6.74. The van der Waals surface area contributed by atoms with Crippen LogP contribution in [0.15, 0.2) is 28.7 Å². The molecule has 1 aliphatic heterocycles. The van der Waals surface area contributed by atoms with Crippen LogP contribution in [0.5, 0.6) is 5.75 Å². The number of halogens is 1. The number of ether oxygens (including phenoxy) is 3. The fraction of sp³-hybridized carbons (Fsp3) is 0.429. The lowest BCUT2D eigenvalue weighted by molar-refractivity contribution is -0.0858. The molecule has 1 aromatic rings. The zero-order chi connectivity index (χ0) is 12.6. The Labute approximate surface area is 116 Å². The van der Waals surface area contributed by atoms with Gasteiger partial charge in [0, 0.05) is 0 Å². The van der Waals surface area contributed by atoms with E-state index >= 15 is 0 Å². The van der Waals surface area contributed by atoms with Crippen LogP contribution < -0.4 is 4.74 Å². The van der Waals surface area contributed by atoms with E-state index in [1.54, 1.807) is 0 Å². The van der Waals surface area contributed by atoms with Gasteiger partial charge < -0.3 is 14.2 Å². The SMILES string of the molecule is Brc1ccccc1OCC#CC1OCCCCO1. The summed E-state index contributed by atoms with van der Waals surface area (Å²) in [5.41, 5.74) is 0. The lowest BCUT2D eigenvalue weighted by atomic mass is 10.3. The molecule has 1 fully saturated rings. The highest BCUT2D eigenvalue weighted by Crippen LogP contribution is 2.23. The van der Waals surface area contributed by atoms with Crippen molar-refractivity contribution in [3.63, 3.8) is 0 Å². The molecule has 1 aromatic carbocycles. The van der Waals surface area contributed by atoms with E-state index in [1.165, 1.54) is 0 Å². The maximum atomic E-state index is 5.53. The molecule has 0 amide bonds. The first-order valence-electron chi connectivity index (χ1n) is 5.95. The normalized spacial score (nSPS) is 16.5. The zero-order valence-corrected chi connectivity index (χ0v) is 11.6. The molecule has 0 N–H and O–H groups in total. The third-order valence-corrected chi connectivity index (χ3v) is 3.09. The minimum atomic E-state index is -0.407. The Bertz CT molecular complexity index is 428. The number of benzene rings is 1. The van der Waals surface area contributed by atoms with Crippen LogP contribution in [0.1, 0.15) is 12.8 Å². The summed E-state index contributed by atoms with van der Waals surface area (Å²) in [5, 5.41) is 0. The molecule has 0 unspecified atom stereocenters. The van der Waals surface area contributed by atoms with E-state index in [-0.39, 0.29) is 0 Å². The zero-order valence-electron chi connectivity index (χ0n) is 10.0. The van der Waals surface area contributed by atoms with Gasteiger partial charge in [0.2, 0.25) is 6.29 Å². The van der Waals surface area contributed by atoms with Crippen molar-refractivity contribution in [2.24, 2.45) is 0 Å². The van der Waals surface area contributed by atoms with Gasteiger partial charge in [0.25, 0.3) is 0 Å². The van der Waals surface area contributed by atoms with Crippen molar-refractivity contribution < 1.29 is 14.2 Å². The largest absolute Gasteiger partial charge is 0.480 e. The van der Waals surface area contributed by atoms with Crippen LogP contribution in [-0.4, -0.2) is 26.1 Å². The Morgan fingerprint density at radius 1 is 1.22 bits per heavy atom. The first kappa shape index (κ1) is 13.4. The van der Waals surface area contributed by atoms with Crippen molar-refractivity contribution in [3.8, 4) is 17.6 Å². The van der Waals surface area contributed by atoms with E-state index in [0.717, 1.165) is 23.1 Å².